The topological polar surface area (TPSA) is 125 Å². The van der Waals surface area contributed by atoms with Crippen LogP contribution in [0.2, 0.25) is 0 Å². The van der Waals surface area contributed by atoms with Gasteiger partial charge in [-0.2, -0.15) is 0 Å². The Hall–Kier alpha value is -3.95. The van der Waals surface area contributed by atoms with E-state index >= 15 is 0 Å². The number of sulfonamides is 1. The molecule has 160 valence electrons. The van der Waals surface area contributed by atoms with Gasteiger partial charge < -0.3 is 14.6 Å². The lowest BCUT2D eigenvalue weighted by Gasteiger charge is -2.38. The minimum absolute atomic E-state index is 0.000415. The predicted octanol–water partition coefficient (Wildman–Crippen LogP) is 3.95. The van der Waals surface area contributed by atoms with E-state index in [1.54, 1.807) is 35.5 Å². The number of furan rings is 1. The summed E-state index contributed by atoms with van der Waals surface area (Å²) in [5, 5.41) is 17.4. The summed E-state index contributed by atoms with van der Waals surface area (Å²) in [5.41, 5.74) is 3.98. The maximum Gasteiger partial charge on any atom is 0.238 e. The van der Waals surface area contributed by atoms with Gasteiger partial charge in [-0.25, -0.2) is 13.6 Å². The first kappa shape index (κ1) is 20.0. The van der Waals surface area contributed by atoms with E-state index < -0.39 is 16.2 Å². The molecule has 1 aliphatic rings. The van der Waals surface area contributed by atoms with Gasteiger partial charge in [-0.05, 0) is 53.1 Å². The van der Waals surface area contributed by atoms with Crippen LogP contribution in [0.1, 0.15) is 17.3 Å². The standard InChI is InChI=1S/C23H19N5O3S/c24-21-20-10-12-31-23(20)27-22(16-3-1-5-19(13-16)32(25,29)30)28(21)18-8-6-15(7-9-18)17-4-2-11-26-14-17/h1-14,22,24,27H,(H2,25,29,30). The highest BCUT2D eigenvalue weighted by atomic mass is 32.2. The fourth-order valence-electron chi connectivity index (χ4n) is 3.78. The Morgan fingerprint density at radius 3 is 2.56 bits per heavy atom. The second-order valence-corrected chi connectivity index (χ2v) is 8.90. The zero-order valence-electron chi connectivity index (χ0n) is 16.8. The highest BCUT2D eigenvalue weighted by Gasteiger charge is 2.34. The van der Waals surface area contributed by atoms with Crippen molar-refractivity contribution in [1.82, 2.24) is 4.98 Å². The molecule has 0 fully saturated rings. The lowest BCUT2D eigenvalue weighted by Crippen LogP contribution is -2.42. The van der Waals surface area contributed by atoms with Gasteiger partial charge in [-0.3, -0.25) is 10.4 Å². The van der Waals surface area contributed by atoms with E-state index in [9.17, 15) is 8.42 Å². The highest BCUT2D eigenvalue weighted by molar-refractivity contribution is 7.89. The summed E-state index contributed by atoms with van der Waals surface area (Å²) in [6.07, 6.45) is 4.45. The first-order valence-electron chi connectivity index (χ1n) is 9.77. The number of anilines is 2. The van der Waals surface area contributed by atoms with E-state index in [-0.39, 0.29) is 10.7 Å². The highest BCUT2D eigenvalue weighted by Crippen LogP contribution is 2.38. The number of benzene rings is 2. The quantitative estimate of drug-likeness (QED) is 0.437. The fraction of sp³-hybridized carbons (Fsp3) is 0.0435. The first-order valence-corrected chi connectivity index (χ1v) is 11.3. The second kappa shape index (κ2) is 7.63. The maximum atomic E-state index is 11.9. The number of amidine groups is 1. The molecule has 4 aromatic rings. The molecule has 9 heteroatoms. The van der Waals surface area contributed by atoms with E-state index in [1.807, 2.05) is 36.4 Å². The van der Waals surface area contributed by atoms with Crippen molar-refractivity contribution in [3.8, 4) is 11.1 Å². The lowest BCUT2D eigenvalue weighted by molar-refractivity contribution is 0.564. The second-order valence-electron chi connectivity index (χ2n) is 7.33. The molecule has 0 amide bonds. The Morgan fingerprint density at radius 2 is 1.84 bits per heavy atom. The molecule has 0 radical (unpaired) electrons. The summed E-state index contributed by atoms with van der Waals surface area (Å²) >= 11 is 0. The molecule has 2 aromatic heterocycles. The molecule has 0 spiro atoms. The average Bonchev–Trinajstić information content (AvgIpc) is 3.29. The van der Waals surface area contributed by atoms with Crippen LogP contribution in [0.15, 0.2) is 94.7 Å². The number of rotatable bonds is 4. The summed E-state index contributed by atoms with van der Waals surface area (Å²) < 4.78 is 29.3. The SMILES string of the molecule is N=C1c2ccoc2NC(c2cccc(S(N)(=O)=O)c2)N1c1ccc(-c2cccnc2)cc1. The average molecular weight is 446 g/mol. The fourth-order valence-corrected chi connectivity index (χ4v) is 4.34. The van der Waals surface area contributed by atoms with Crippen LogP contribution < -0.4 is 15.4 Å². The minimum atomic E-state index is -3.87. The van der Waals surface area contributed by atoms with E-state index in [0.29, 0.717) is 17.0 Å². The van der Waals surface area contributed by atoms with Crippen LogP contribution in [0.25, 0.3) is 11.1 Å². The molecule has 0 aliphatic carbocycles. The molecule has 0 saturated heterocycles. The van der Waals surface area contributed by atoms with Crippen LogP contribution in [-0.2, 0) is 10.0 Å². The van der Waals surface area contributed by atoms with Crippen molar-refractivity contribution >= 4 is 27.4 Å². The molecule has 0 saturated carbocycles. The van der Waals surface area contributed by atoms with Gasteiger partial charge in [0.05, 0.1) is 16.7 Å². The van der Waals surface area contributed by atoms with Crippen LogP contribution in [0.3, 0.4) is 0 Å². The van der Waals surface area contributed by atoms with Crippen LogP contribution in [0, 0.1) is 5.41 Å². The molecule has 3 heterocycles. The van der Waals surface area contributed by atoms with Gasteiger partial charge in [0.2, 0.25) is 15.9 Å². The molecule has 1 unspecified atom stereocenters. The number of pyridine rings is 1. The molecular weight excluding hydrogens is 426 g/mol. The molecule has 1 aliphatic heterocycles. The molecule has 0 bridgehead atoms. The Bertz CT molecular complexity index is 1400. The van der Waals surface area contributed by atoms with E-state index in [1.165, 1.54) is 18.4 Å². The number of hydrogen-bond donors (Lipinski definition) is 3. The molecule has 1 atom stereocenters. The molecule has 8 nitrogen and oxygen atoms in total. The van der Waals surface area contributed by atoms with Gasteiger partial charge in [0.25, 0.3) is 0 Å². The molecule has 32 heavy (non-hydrogen) atoms. The minimum Gasteiger partial charge on any atom is -0.448 e. The summed E-state index contributed by atoms with van der Waals surface area (Å²) in [6.45, 7) is 0. The van der Waals surface area contributed by atoms with Crippen molar-refractivity contribution in [2.45, 2.75) is 11.1 Å². The van der Waals surface area contributed by atoms with Crippen LogP contribution in [-0.4, -0.2) is 19.2 Å². The van der Waals surface area contributed by atoms with Crippen LogP contribution >= 0.6 is 0 Å². The number of nitrogens with zero attached hydrogens (tertiary/aromatic N) is 2. The third-order valence-electron chi connectivity index (χ3n) is 5.33. The van der Waals surface area contributed by atoms with Gasteiger partial charge in [0, 0.05) is 18.1 Å². The van der Waals surface area contributed by atoms with Crippen molar-refractivity contribution in [1.29, 1.82) is 5.41 Å². The summed E-state index contributed by atoms with van der Waals surface area (Å²) in [7, 11) is -3.87. The van der Waals surface area contributed by atoms with Crippen molar-refractivity contribution in [2.24, 2.45) is 5.14 Å². The Kier molecular flexibility index (Phi) is 4.76. The maximum absolute atomic E-state index is 11.9. The predicted molar refractivity (Wildman–Crippen MR) is 122 cm³/mol. The number of nitrogens with two attached hydrogens (primary N) is 1. The van der Waals surface area contributed by atoms with Gasteiger partial charge in [0.15, 0.2) is 0 Å². The Morgan fingerprint density at radius 1 is 1.03 bits per heavy atom. The number of primary sulfonamides is 1. The van der Waals surface area contributed by atoms with Gasteiger partial charge in [-0.15, -0.1) is 0 Å². The van der Waals surface area contributed by atoms with Crippen molar-refractivity contribution in [3.63, 3.8) is 0 Å². The molecule has 5 rings (SSSR count). The normalized spacial score (nSPS) is 15.8. The summed E-state index contributed by atoms with van der Waals surface area (Å²) in [4.78, 5) is 5.95. The third kappa shape index (κ3) is 3.53. The molecular formula is C23H19N5O3S. The zero-order valence-corrected chi connectivity index (χ0v) is 17.6. The van der Waals surface area contributed by atoms with Crippen LogP contribution in [0.4, 0.5) is 11.6 Å². The monoisotopic (exact) mass is 445 g/mol. The summed E-state index contributed by atoms with van der Waals surface area (Å²) in [5.74, 6) is 0.678. The largest absolute Gasteiger partial charge is 0.448 e. The number of nitrogens with one attached hydrogen (secondary N) is 2. The first-order chi connectivity index (χ1) is 15.4. The third-order valence-corrected chi connectivity index (χ3v) is 6.24. The van der Waals surface area contributed by atoms with Gasteiger partial charge in [0.1, 0.15) is 12.0 Å². The van der Waals surface area contributed by atoms with Crippen molar-refractivity contribution in [2.75, 3.05) is 10.2 Å². The van der Waals surface area contributed by atoms with Crippen molar-refractivity contribution in [3.05, 3.63) is 96.5 Å². The van der Waals surface area contributed by atoms with Crippen molar-refractivity contribution < 1.29 is 12.8 Å². The number of hydrogen-bond acceptors (Lipinski definition) is 6. The molecule has 2 aromatic carbocycles. The molecule has 4 N–H and O–H groups in total. The van der Waals surface area contributed by atoms with E-state index in [0.717, 1.165) is 16.8 Å². The van der Waals surface area contributed by atoms with Gasteiger partial charge >= 0.3 is 0 Å². The number of aromatic nitrogens is 1. The number of fused-ring (bicyclic) bond motifs is 1. The van der Waals surface area contributed by atoms with E-state index in [4.69, 9.17) is 15.0 Å². The Labute approximate surface area is 184 Å². The smallest absolute Gasteiger partial charge is 0.238 e. The lowest BCUT2D eigenvalue weighted by atomic mass is 10.0. The van der Waals surface area contributed by atoms with E-state index in [2.05, 4.69) is 10.3 Å². The summed E-state index contributed by atoms with van der Waals surface area (Å²) in [6, 6.07) is 19.7. The zero-order chi connectivity index (χ0) is 22.3. The van der Waals surface area contributed by atoms with Crippen LogP contribution in [0.5, 0.6) is 0 Å². The Balaban J connectivity index is 1.59. The van der Waals surface area contributed by atoms with Gasteiger partial charge in [-0.1, -0.05) is 30.3 Å².